The van der Waals surface area contributed by atoms with Gasteiger partial charge in [0.1, 0.15) is 11.1 Å². The molecule has 4 nitrogen and oxygen atoms in total. The van der Waals surface area contributed by atoms with Gasteiger partial charge in [0.25, 0.3) is 5.91 Å². The van der Waals surface area contributed by atoms with Crippen LogP contribution in [0.5, 0.6) is 0 Å². The lowest BCUT2D eigenvalue weighted by Crippen LogP contribution is -2.26. The van der Waals surface area contributed by atoms with Gasteiger partial charge in [-0.2, -0.15) is 0 Å². The number of amides is 1. The molecule has 1 atom stereocenters. The third-order valence-electron chi connectivity index (χ3n) is 4.55. The number of nitrogens with one attached hydrogen (secondary N) is 1. The van der Waals surface area contributed by atoms with Crippen LogP contribution in [0.2, 0.25) is 0 Å². The van der Waals surface area contributed by atoms with Crippen LogP contribution in [-0.2, 0) is 9.53 Å². The predicted molar refractivity (Wildman–Crippen MR) is 105 cm³/mol. The molecule has 1 aliphatic rings. The molecule has 0 spiro atoms. The summed E-state index contributed by atoms with van der Waals surface area (Å²) < 4.78 is 5.41. The summed E-state index contributed by atoms with van der Waals surface area (Å²) in [6.45, 7) is 2.77. The highest BCUT2D eigenvalue weighted by molar-refractivity contribution is 7.13. The molecule has 1 amide bonds. The molecule has 5 heteroatoms. The van der Waals surface area contributed by atoms with Crippen molar-refractivity contribution in [2.24, 2.45) is 0 Å². The first kappa shape index (κ1) is 16.9. The van der Waals surface area contributed by atoms with Crippen LogP contribution in [0, 0.1) is 6.92 Å². The van der Waals surface area contributed by atoms with Crippen LogP contribution in [0.3, 0.4) is 0 Å². The average molecular weight is 364 g/mol. The molecule has 0 bridgehead atoms. The van der Waals surface area contributed by atoms with E-state index in [2.05, 4.69) is 29.8 Å². The lowest BCUT2D eigenvalue weighted by Gasteiger charge is -2.10. The quantitative estimate of drug-likeness (QED) is 0.716. The third kappa shape index (κ3) is 3.54. The van der Waals surface area contributed by atoms with Gasteiger partial charge in [-0.25, -0.2) is 4.98 Å². The Morgan fingerprint density at radius 2 is 2.00 bits per heavy atom. The Bertz CT molecular complexity index is 912. The Balaban J connectivity index is 1.49. The molecule has 2 heterocycles. The Hall–Kier alpha value is -2.50. The van der Waals surface area contributed by atoms with E-state index in [0.29, 0.717) is 6.61 Å². The minimum Gasteiger partial charge on any atom is -0.368 e. The highest BCUT2D eigenvalue weighted by atomic mass is 32.1. The molecule has 0 aliphatic carbocycles. The second-order valence-corrected chi connectivity index (χ2v) is 7.28. The van der Waals surface area contributed by atoms with E-state index >= 15 is 0 Å². The van der Waals surface area contributed by atoms with E-state index in [9.17, 15) is 4.79 Å². The van der Waals surface area contributed by atoms with E-state index in [-0.39, 0.29) is 12.0 Å². The van der Waals surface area contributed by atoms with E-state index in [1.807, 2.05) is 36.4 Å². The SMILES string of the molecule is Cc1ccccc1-c1nc(-c2ccc(NC(=O)C3CCCO3)cc2)cs1. The number of hydrogen-bond acceptors (Lipinski definition) is 4. The molecule has 0 saturated carbocycles. The van der Waals surface area contributed by atoms with Crippen LogP contribution < -0.4 is 5.32 Å². The average Bonchev–Trinajstić information content (AvgIpc) is 3.35. The van der Waals surface area contributed by atoms with E-state index in [1.165, 1.54) is 11.1 Å². The Morgan fingerprint density at radius 1 is 1.19 bits per heavy atom. The van der Waals surface area contributed by atoms with Gasteiger partial charge in [0.2, 0.25) is 0 Å². The number of benzene rings is 2. The molecule has 26 heavy (non-hydrogen) atoms. The Labute approximate surface area is 156 Å². The second-order valence-electron chi connectivity index (χ2n) is 6.42. The van der Waals surface area contributed by atoms with Crippen LogP contribution in [0.4, 0.5) is 5.69 Å². The number of anilines is 1. The molecule has 3 aromatic rings. The maximum absolute atomic E-state index is 12.1. The number of carbonyl (C=O) groups excluding carboxylic acids is 1. The van der Waals surface area contributed by atoms with E-state index in [4.69, 9.17) is 9.72 Å². The van der Waals surface area contributed by atoms with Crippen molar-refractivity contribution >= 4 is 22.9 Å². The van der Waals surface area contributed by atoms with Crippen molar-refractivity contribution in [2.75, 3.05) is 11.9 Å². The summed E-state index contributed by atoms with van der Waals surface area (Å²) in [5.74, 6) is -0.0641. The topological polar surface area (TPSA) is 51.2 Å². The molecular formula is C21H20N2O2S. The minimum absolute atomic E-state index is 0.0641. The fourth-order valence-electron chi connectivity index (χ4n) is 3.07. The Morgan fingerprint density at radius 3 is 2.73 bits per heavy atom. The normalized spacial score (nSPS) is 16.6. The van der Waals surface area contributed by atoms with Crippen molar-refractivity contribution in [3.8, 4) is 21.8 Å². The predicted octanol–water partition coefficient (Wildman–Crippen LogP) is 4.90. The van der Waals surface area contributed by atoms with Crippen LogP contribution in [0.15, 0.2) is 53.9 Å². The Kier molecular flexibility index (Phi) is 4.82. The second kappa shape index (κ2) is 7.40. The fraction of sp³-hybridized carbons (Fsp3) is 0.238. The minimum atomic E-state index is -0.315. The highest BCUT2D eigenvalue weighted by Gasteiger charge is 2.23. The van der Waals surface area contributed by atoms with Gasteiger partial charge in [-0.3, -0.25) is 4.79 Å². The van der Waals surface area contributed by atoms with Crippen LogP contribution >= 0.6 is 11.3 Å². The van der Waals surface area contributed by atoms with Gasteiger partial charge in [0.15, 0.2) is 0 Å². The molecule has 1 aromatic heterocycles. The van der Waals surface area contributed by atoms with Gasteiger partial charge in [0, 0.05) is 28.8 Å². The standard InChI is InChI=1S/C21H20N2O2S/c1-14-5-2-3-6-17(14)21-23-18(13-26-21)15-8-10-16(11-9-15)22-20(24)19-7-4-12-25-19/h2-3,5-6,8-11,13,19H,4,7,12H2,1H3,(H,22,24). The van der Waals surface area contributed by atoms with Gasteiger partial charge in [0.05, 0.1) is 5.69 Å². The number of ether oxygens (including phenoxy) is 1. The molecule has 1 N–H and O–H groups in total. The highest BCUT2D eigenvalue weighted by Crippen LogP contribution is 2.31. The van der Waals surface area contributed by atoms with Crippen molar-refractivity contribution in [3.63, 3.8) is 0 Å². The lowest BCUT2D eigenvalue weighted by atomic mass is 10.1. The van der Waals surface area contributed by atoms with Crippen molar-refractivity contribution in [3.05, 3.63) is 59.5 Å². The lowest BCUT2D eigenvalue weighted by molar-refractivity contribution is -0.124. The van der Waals surface area contributed by atoms with Crippen molar-refractivity contribution in [2.45, 2.75) is 25.9 Å². The summed E-state index contributed by atoms with van der Waals surface area (Å²) in [6.07, 6.45) is 1.43. The maximum Gasteiger partial charge on any atom is 0.253 e. The van der Waals surface area contributed by atoms with E-state index < -0.39 is 0 Å². The van der Waals surface area contributed by atoms with Crippen LogP contribution in [0.1, 0.15) is 18.4 Å². The smallest absolute Gasteiger partial charge is 0.253 e. The summed E-state index contributed by atoms with van der Waals surface area (Å²) >= 11 is 1.65. The number of rotatable bonds is 4. The summed E-state index contributed by atoms with van der Waals surface area (Å²) in [7, 11) is 0. The number of nitrogens with zero attached hydrogens (tertiary/aromatic N) is 1. The fourth-order valence-corrected chi connectivity index (χ4v) is 3.99. The largest absolute Gasteiger partial charge is 0.368 e. The summed E-state index contributed by atoms with van der Waals surface area (Å²) in [5.41, 5.74) is 5.16. The molecule has 0 radical (unpaired) electrons. The first-order valence-electron chi connectivity index (χ1n) is 8.75. The maximum atomic E-state index is 12.1. The zero-order valence-corrected chi connectivity index (χ0v) is 15.4. The van der Waals surface area contributed by atoms with E-state index in [1.54, 1.807) is 11.3 Å². The number of aromatic nitrogens is 1. The molecule has 4 rings (SSSR count). The van der Waals surface area contributed by atoms with Gasteiger partial charge in [-0.1, -0.05) is 36.4 Å². The number of carbonyl (C=O) groups is 1. The van der Waals surface area contributed by atoms with E-state index in [0.717, 1.165) is 34.8 Å². The summed E-state index contributed by atoms with van der Waals surface area (Å²) in [5, 5.41) is 6.01. The van der Waals surface area contributed by atoms with Crippen LogP contribution in [0.25, 0.3) is 21.8 Å². The molecular weight excluding hydrogens is 344 g/mol. The van der Waals surface area contributed by atoms with Crippen molar-refractivity contribution in [1.82, 2.24) is 4.98 Å². The summed E-state index contributed by atoms with van der Waals surface area (Å²) in [4.78, 5) is 16.9. The zero-order chi connectivity index (χ0) is 17.9. The van der Waals surface area contributed by atoms with Crippen molar-refractivity contribution < 1.29 is 9.53 Å². The van der Waals surface area contributed by atoms with Gasteiger partial charge in [-0.05, 0) is 37.5 Å². The first-order chi connectivity index (χ1) is 12.7. The molecule has 132 valence electrons. The zero-order valence-electron chi connectivity index (χ0n) is 14.6. The van der Waals surface area contributed by atoms with Gasteiger partial charge >= 0.3 is 0 Å². The number of hydrogen-bond donors (Lipinski definition) is 1. The molecule has 1 fully saturated rings. The molecule has 1 saturated heterocycles. The molecule has 2 aromatic carbocycles. The molecule has 1 aliphatic heterocycles. The number of aryl methyl sites for hydroxylation is 1. The summed E-state index contributed by atoms with van der Waals surface area (Å²) in [6, 6.07) is 16.1. The third-order valence-corrected chi connectivity index (χ3v) is 5.43. The first-order valence-corrected chi connectivity index (χ1v) is 9.63. The molecule has 1 unspecified atom stereocenters. The van der Waals surface area contributed by atoms with Gasteiger partial charge in [-0.15, -0.1) is 11.3 Å². The number of thiazole rings is 1. The van der Waals surface area contributed by atoms with Crippen LogP contribution in [-0.4, -0.2) is 23.6 Å². The van der Waals surface area contributed by atoms with Gasteiger partial charge < -0.3 is 10.1 Å². The monoisotopic (exact) mass is 364 g/mol. The van der Waals surface area contributed by atoms with Crippen molar-refractivity contribution in [1.29, 1.82) is 0 Å².